The van der Waals surface area contributed by atoms with Crippen LogP contribution in [0.4, 0.5) is 10.5 Å². The van der Waals surface area contributed by atoms with Gasteiger partial charge in [0.25, 0.3) is 0 Å². The summed E-state index contributed by atoms with van der Waals surface area (Å²) in [7, 11) is 0. The molecule has 1 atom stereocenters. The second kappa shape index (κ2) is 8.37. The number of carbonyl (C=O) groups excluding carboxylic acids is 1. The standard InChI is InChI=1S/C14H22N2O3/c1-3-9-19-13-6-4-5-12(10-13)16-14(18)15-11(2)7-8-17/h4-6,10-11,17H,3,7-9H2,1-2H3,(H2,15,16,18)/t11-/m1/s1. The van der Waals surface area contributed by atoms with Crippen LogP contribution < -0.4 is 15.4 Å². The Kier molecular flexibility index (Phi) is 6.74. The minimum absolute atomic E-state index is 0.0573. The van der Waals surface area contributed by atoms with Crippen molar-refractivity contribution < 1.29 is 14.6 Å². The maximum absolute atomic E-state index is 11.7. The molecule has 0 aliphatic heterocycles. The van der Waals surface area contributed by atoms with Gasteiger partial charge in [-0.1, -0.05) is 13.0 Å². The van der Waals surface area contributed by atoms with Crippen LogP contribution in [0.2, 0.25) is 0 Å². The van der Waals surface area contributed by atoms with Crippen LogP contribution in [-0.4, -0.2) is 30.4 Å². The Morgan fingerprint density at radius 3 is 2.95 bits per heavy atom. The van der Waals surface area contributed by atoms with Gasteiger partial charge in [0.2, 0.25) is 0 Å². The summed E-state index contributed by atoms with van der Waals surface area (Å²) in [5.74, 6) is 0.739. The molecule has 0 heterocycles. The van der Waals surface area contributed by atoms with Crippen LogP contribution in [0.5, 0.6) is 5.75 Å². The topological polar surface area (TPSA) is 70.6 Å². The van der Waals surface area contributed by atoms with E-state index in [1.807, 2.05) is 26.0 Å². The van der Waals surface area contributed by atoms with E-state index >= 15 is 0 Å². The number of anilines is 1. The zero-order valence-corrected chi connectivity index (χ0v) is 11.5. The lowest BCUT2D eigenvalue weighted by Crippen LogP contribution is -2.36. The first-order valence-electron chi connectivity index (χ1n) is 6.57. The molecule has 0 bridgehead atoms. The predicted molar refractivity (Wildman–Crippen MR) is 75.5 cm³/mol. The average molecular weight is 266 g/mol. The zero-order valence-electron chi connectivity index (χ0n) is 11.5. The summed E-state index contributed by atoms with van der Waals surface area (Å²) < 4.78 is 5.49. The molecule has 0 aliphatic carbocycles. The van der Waals surface area contributed by atoms with Crippen LogP contribution in [0.1, 0.15) is 26.7 Å². The van der Waals surface area contributed by atoms with Gasteiger partial charge in [0.1, 0.15) is 5.75 Å². The third-order valence-corrected chi connectivity index (χ3v) is 2.50. The maximum Gasteiger partial charge on any atom is 0.319 e. The van der Waals surface area contributed by atoms with E-state index in [4.69, 9.17) is 9.84 Å². The molecule has 0 radical (unpaired) electrons. The van der Waals surface area contributed by atoms with Crippen molar-refractivity contribution >= 4 is 11.7 Å². The maximum atomic E-state index is 11.7. The van der Waals surface area contributed by atoms with E-state index in [-0.39, 0.29) is 18.7 Å². The number of ether oxygens (including phenoxy) is 1. The third-order valence-electron chi connectivity index (χ3n) is 2.50. The van der Waals surface area contributed by atoms with Gasteiger partial charge in [-0.25, -0.2) is 4.79 Å². The summed E-state index contributed by atoms with van der Waals surface area (Å²) in [4.78, 5) is 11.7. The van der Waals surface area contributed by atoms with Crippen molar-refractivity contribution in [1.82, 2.24) is 5.32 Å². The number of nitrogens with one attached hydrogen (secondary N) is 2. The highest BCUT2D eigenvalue weighted by molar-refractivity contribution is 5.89. The van der Waals surface area contributed by atoms with E-state index in [9.17, 15) is 4.79 Å². The van der Waals surface area contributed by atoms with Gasteiger partial charge in [-0.05, 0) is 31.9 Å². The lowest BCUT2D eigenvalue weighted by Gasteiger charge is -2.14. The van der Waals surface area contributed by atoms with Crippen LogP contribution >= 0.6 is 0 Å². The predicted octanol–water partition coefficient (Wildman–Crippen LogP) is 2.37. The molecule has 19 heavy (non-hydrogen) atoms. The van der Waals surface area contributed by atoms with E-state index in [1.54, 1.807) is 12.1 Å². The number of benzene rings is 1. The lowest BCUT2D eigenvalue weighted by molar-refractivity contribution is 0.241. The normalized spacial score (nSPS) is 11.7. The number of amides is 2. The minimum atomic E-state index is -0.284. The van der Waals surface area contributed by atoms with Gasteiger partial charge >= 0.3 is 6.03 Å². The molecular weight excluding hydrogens is 244 g/mol. The minimum Gasteiger partial charge on any atom is -0.494 e. The summed E-state index contributed by atoms with van der Waals surface area (Å²) >= 11 is 0. The highest BCUT2D eigenvalue weighted by Gasteiger charge is 2.07. The lowest BCUT2D eigenvalue weighted by atomic mass is 10.2. The molecule has 0 saturated heterocycles. The molecule has 1 aromatic rings. The highest BCUT2D eigenvalue weighted by Crippen LogP contribution is 2.17. The fourth-order valence-corrected chi connectivity index (χ4v) is 1.54. The van der Waals surface area contributed by atoms with Crippen molar-refractivity contribution in [2.75, 3.05) is 18.5 Å². The van der Waals surface area contributed by atoms with Gasteiger partial charge in [0.15, 0.2) is 0 Å². The van der Waals surface area contributed by atoms with Crippen molar-refractivity contribution in [3.8, 4) is 5.75 Å². The van der Waals surface area contributed by atoms with Crippen LogP contribution in [0.3, 0.4) is 0 Å². The quantitative estimate of drug-likeness (QED) is 0.709. The molecular formula is C14H22N2O3. The SMILES string of the molecule is CCCOc1cccc(NC(=O)N[C@H](C)CCO)c1. The molecule has 1 rings (SSSR count). The number of rotatable bonds is 7. The molecule has 1 aromatic carbocycles. The van der Waals surface area contributed by atoms with E-state index < -0.39 is 0 Å². The molecule has 2 amide bonds. The van der Waals surface area contributed by atoms with Crippen molar-refractivity contribution in [3.63, 3.8) is 0 Å². The van der Waals surface area contributed by atoms with Crippen molar-refractivity contribution in [1.29, 1.82) is 0 Å². The second-order valence-corrected chi connectivity index (χ2v) is 4.39. The third kappa shape index (κ3) is 6.10. The van der Waals surface area contributed by atoms with Crippen molar-refractivity contribution in [2.45, 2.75) is 32.7 Å². The summed E-state index contributed by atoms with van der Waals surface area (Å²) in [6.07, 6.45) is 1.48. The first-order chi connectivity index (χ1) is 9.15. The molecule has 0 aliphatic rings. The Balaban J connectivity index is 2.49. The summed E-state index contributed by atoms with van der Waals surface area (Å²) in [6, 6.07) is 6.92. The Bertz CT molecular complexity index is 396. The molecule has 0 unspecified atom stereocenters. The fourth-order valence-electron chi connectivity index (χ4n) is 1.54. The van der Waals surface area contributed by atoms with Crippen molar-refractivity contribution in [3.05, 3.63) is 24.3 Å². The first-order valence-corrected chi connectivity index (χ1v) is 6.57. The van der Waals surface area contributed by atoms with Crippen LogP contribution in [0.25, 0.3) is 0 Å². The molecule has 0 spiro atoms. The van der Waals surface area contributed by atoms with Gasteiger partial charge in [-0.15, -0.1) is 0 Å². The molecule has 3 N–H and O–H groups in total. The molecule has 5 heteroatoms. The molecule has 106 valence electrons. The van der Waals surface area contributed by atoms with Gasteiger partial charge in [0.05, 0.1) is 6.61 Å². The van der Waals surface area contributed by atoms with Crippen LogP contribution in [0, 0.1) is 0 Å². The highest BCUT2D eigenvalue weighted by atomic mass is 16.5. The van der Waals surface area contributed by atoms with E-state index in [2.05, 4.69) is 10.6 Å². The molecule has 0 fully saturated rings. The summed E-state index contributed by atoms with van der Waals surface area (Å²) in [5, 5.41) is 14.2. The molecule has 0 aromatic heterocycles. The smallest absolute Gasteiger partial charge is 0.319 e. The van der Waals surface area contributed by atoms with E-state index in [0.29, 0.717) is 18.7 Å². The van der Waals surface area contributed by atoms with Crippen LogP contribution in [-0.2, 0) is 0 Å². The van der Waals surface area contributed by atoms with Gasteiger partial charge in [-0.2, -0.15) is 0 Å². The van der Waals surface area contributed by atoms with E-state index in [0.717, 1.165) is 12.2 Å². The molecule has 0 saturated carbocycles. The van der Waals surface area contributed by atoms with Crippen LogP contribution in [0.15, 0.2) is 24.3 Å². The first kappa shape index (κ1) is 15.3. The second-order valence-electron chi connectivity index (χ2n) is 4.39. The average Bonchev–Trinajstić information content (AvgIpc) is 2.36. The van der Waals surface area contributed by atoms with Gasteiger partial charge in [0, 0.05) is 24.4 Å². The monoisotopic (exact) mass is 266 g/mol. The molecule has 5 nitrogen and oxygen atoms in total. The Morgan fingerprint density at radius 2 is 2.26 bits per heavy atom. The fraction of sp³-hybridized carbons (Fsp3) is 0.500. The van der Waals surface area contributed by atoms with Crippen molar-refractivity contribution in [2.24, 2.45) is 0 Å². The number of hydrogen-bond acceptors (Lipinski definition) is 3. The number of carbonyl (C=O) groups is 1. The van der Waals surface area contributed by atoms with E-state index in [1.165, 1.54) is 0 Å². The van der Waals surface area contributed by atoms with Gasteiger partial charge < -0.3 is 20.5 Å². The number of urea groups is 1. The Morgan fingerprint density at radius 1 is 1.47 bits per heavy atom. The largest absolute Gasteiger partial charge is 0.494 e. The Hall–Kier alpha value is -1.75. The summed E-state index contributed by atoms with van der Waals surface area (Å²) in [6.45, 7) is 4.60. The number of aliphatic hydroxyl groups is 1. The van der Waals surface area contributed by atoms with Gasteiger partial charge in [-0.3, -0.25) is 0 Å². The zero-order chi connectivity index (χ0) is 14.1. The number of hydrogen-bond donors (Lipinski definition) is 3. The Labute approximate surface area is 114 Å². The number of aliphatic hydroxyl groups excluding tert-OH is 1. The summed E-state index contributed by atoms with van der Waals surface area (Å²) in [5.41, 5.74) is 0.683.